The van der Waals surface area contributed by atoms with Gasteiger partial charge in [-0.05, 0) is 31.9 Å². The highest BCUT2D eigenvalue weighted by atomic mass is 16.2. The molecule has 1 atom stereocenters. The molecule has 0 spiro atoms. The Bertz CT molecular complexity index is 291. The second-order valence-electron chi connectivity index (χ2n) is 4.31. The van der Waals surface area contributed by atoms with Crippen LogP contribution in [0.5, 0.6) is 0 Å². The molecule has 1 aliphatic rings. The topological polar surface area (TPSA) is 29.1 Å². The second-order valence-corrected chi connectivity index (χ2v) is 4.31. The summed E-state index contributed by atoms with van der Waals surface area (Å²) in [6, 6.07) is 0. The van der Waals surface area contributed by atoms with Gasteiger partial charge >= 0.3 is 0 Å². The zero-order valence-electron chi connectivity index (χ0n) is 9.31. The Morgan fingerprint density at radius 3 is 2.71 bits per heavy atom. The fraction of sp³-hybridized carbons (Fsp3) is 0.583. The summed E-state index contributed by atoms with van der Waals surface area (Å²) in [5.41, 5.74) is 1.51. The monoisotopic (exact) mass is 193 g/mol. The van der Waals surface area contributed by atoms with Gasteiger partial charge in [0.1, 0.15) is 0 Å². The van der Waals surface area contributed by atoms with Crippen LogP contribution in [0, 0.1) is 5.41 Å². The van der Waals surface area contributed by atoms with E-state index in [0.717, 1.165) is 30.5 Å². The van der Waals surface area contributed by atoms with E-state index < -0.39 is 0 Å². The van der Waals surface area contributed by atoms with Crippen LogP contribution in [0.1, 0.15) is 40.0 Å². The number of rotatable bonds is 4. The lowest BCUT2D eigenvalue weighted by Gasteiger charge is -2.17. The lowest BCUT2D eigenvalue weighted by Crippen LogP contribution is -2.29. The highest BCUT2D eigenvalue weighted by molar-refractivity contribution is 5.89. The van der Waals surface area contributed by atoms with Gasteiger partial charge in [-0.3, -0.25) is 4.79 Å². The zero-order chi connectivity index (χ0) is 10.8. The first-order valence-electron chi connectivity index (χ1n) is 5.20. The summed E-state index contributed by atoms with van der Waals surface area (Å²) in [6.45, 7) is 9.88. The molecule has 0 saturated heterocycles. The first-order valence-corrected chi connectivity index (χ1v) is 5.20. The third kappa shape index (κ3) is 2.06. The van der Waals surface area contributed by atoms with Gasteiger partial charge in [0.15, 0.2) is 0 Å². The van der Waals surface area contributed by atoms with Crippen molar-refractivity contribution in [3.63, 3.8) is 0 Å². The lowest BCUT2D eigenvalue weighted by atomic mass is 9.85. The Morgan fingerprint density at radius 1 is 1.64 bits per heavy atom. The third-order valence-electron chi connectivity index (χ3n) is 2.74. The molecule has 0 fully saturated rings. The SMILES string of the molecule is C=C(C)C1=CC(C)(CCCC)C(=O)N1. The van der Waals surface area contributed by atoms with Gasteiger partial charge in [-0.15, -0.1) is 0 Å². The van der Waals surface area contributed by atoms with Crippen molar-refractivity contribution in [3.05, 3.63) is 23.9 Å². The molecule has 1 N–H and O–H groups in total. The first kappa shape index (κ1) is 11.0. The van der Waals surface area contributed by atoms with Crippen molar-refractivity contribution in [3.8, 4) is 0 Å². The van der Waals surface area contributed by atoms with E-state index in [2.05, 4.69) is 18.8 Å². The quantitative estimate of drug-likeness (QED) is 0.730. The van der Waals surface area contributed by atoms with Crippen molar-refractivity contribution in [1.29, 1.82) is 0 Å². The molecule has 1 heterocycles. The van der Waals surface area contributed by atoms with Crippen molar-refractivity contribution < 1.29 is 4.79 Å². The molecular weight excluding hydrogens is 174 g/mol. The van der Waals surface area contributed by atoms with Crippen LogP contribution in [0.2, 0.25) is 0 Å². The molecule has 14 heavy (non-hydrogen) atoms. The van der Waals surface area contributed by atoms with E-state index >= 15 is 0 Å². The second kappa shape index (κ2) is 3.99. The van der Waals surface area contributed by atoms with Crippen LogP contribution in [0.3, 0.4) is 0 Å². The van der Waals surface area contributed by atoms with E-state index in [0.29, 0.717) is 0 Å². The summed E-state index contributed by atoms with van der Waals surface area (Å²) in [7, 11) is 0. The minimum absolute atomic E-state index is 0.115. The fourth-order valence-corrected chi connectivity index (χ4v) is 1.64. The van der Waals surface area contributed by atoms with Gasteiger partial charge in [0.25, 0.3) is 0 Å². The molecule has 0 bridgehead atoms. The average Bonchev–Trinajstić information content (AvgIpc) is 2.41. The molecule has 2 heteroatoms. The van der Waals surface area contributed by atoms with Crippen molar-refractivity contribution in [2.24, 2.45) is 5.41 Å². The van der Waals surface area contributed by atoms with Gasteiger partial charge in [0.2, 0.25) is 5.91 Å². The molecule has 1 amide bonds. The number of carbonyl (C=O) groups is 1. The number of hydrogen-bond donors (Lipinski definition) is 1. The minimum atomic E-state index is -0.315. The molecule has 2 nitrogen and oxygen atoms in total. The van der Waals surface area contributed by atoms with Gasteiger partial charge in [0, 0.05) is 5.70 Å². The number of unbranched alkanes of at least 4 members (excludes halogenated alkanes) is 1. The highest BCUT2D eigenvalue weighted by Gasteiger charge is 2.36. The van der Waals surface area contributed by atoms with Gasteiger partial charge in [-0.2, -0.15) is 0 Å². The molecular formula is C12H19NO. The minimum Gasteiger partial charge on any atom is -0.325 e. The Labute approximate surface area is 86.1 Å². The molecule has 1 aliphatic heterocycles. The van der Waals surface area contributed by atoms with Gasteiger partial charge < -0.3 is 5.32 Å². The summed E-state index contributed by atoms with van der Waals surface area (Å²) in [6.07, 6.45) is 5.16. The number of amides is 1. The summed E-state index contributed by atoms with van der Waals surface area (Å²) in [4.78, 5) is 11.7. The standard InChI is InChI=1S/C12H19NO/c1-5-6-7-12(4)8-10(9(2)3)13-11(12)14/h8H,2,5-7H2,1,3-4H3,(H,13,14). The largest absolute Gasteiger partial charge is 0.325 e. The molecule has 0 aromatic heterocycles. The molecule has 78 valence electrons. The summed E-state index contributed by atoms with van der Waals surface area (Å²) < 4.78 is 0. The van der Waals surface area contributed by atoms with Crippen LogP contribution in [-0.4, -0.2) is 5.91 Å². The Hall–Kier alpha value is -1.05. The summed E-state index contributed by atoms with van der Waals surface area (Å²) in [5.74, 6) is 0.115. The molecule has 1 unspecified atom stereocenters. The van der Waals surface area contributed by atoms with Crippen LogP contribution in [0.4, 0.5) is 0 Å². The third-order valence-corrected chi connectivity index (χ3v) is 2.74. The van der Waals surface area contributed by atoms with E-state index in [4.69, 9.17) is 0 Å². The zero-order valence-corrected chi connectivity index (χ0v) is 9.31. The van der Waals surface area contributed by atoms with E-state index in [1.807, 2.05) is 19.9 Å². The Balaban J connectivity index is 2.78. The predicted octanol–water partition coefficient (Wildman–Crippen LogP) is 2.77. The molecule has 0 aliphatic carbocycles. The Kier molecular flexibility index (Phi) is 3.14. The number of allylic oxidation sites excluding steroid dienone is 1. The Morgan fingerprint density at radius 2 is 2.29 bits per heavy atom. The maximum Gasteiger partial charge on any atom is 0.234 e. The van der Waals surface area contributed by atoms with Crippen LogP contribution >= 0.6 is 0 Å². The summed E-state index contributed by atoms with van der Waals surface area (Å²) >= 11 is 0. The van der Waals surface area contributed by atoms with Crippen molar-refractivity contribution >= 4 is 5.91 Å². The van der Waals surface area contributed by atoms with Crippen LogP contribution in [0.25, 0.3) is 0 Å². The summed E-state index contributed by atoms with van der Waals surface area (Å²) in [5, 5.41) is 2.88. The van der Waals surface area contributed by atoms with E-state index in [1.165, 1.54) is 0 Å². The number of nitrogens with one attached hydrogen (secondary N) is 1. The maximum absolute atomic E-state index is 11.7. The van der Waals surface area contributed by atoms with Crippen LogP contribution < -0.4 is 5.32 Å². The molecule has 0 aromatic carbocycles. The normalized spacial score (nSPS) is 25.9. The maximum atomic E-state index is 11.7. The lowest BCUT2D eigenvalue weighted by molar-refractivity contribution is -0.126. The highest BCUT2D eigenvalue weighted by Crippen LogP contribution is 2.33. The van der Waals surface area contributed by atoms with Crippen molar-refractivity contribution in [2.45, 2.75) is 40.0 Å². The number of hydrogen-bond acceptors (Lipinski definition) is 1. The number of carbonyl (C=O) groups excluding carboxylic acids is 1. The molecule has 0 saturated carbocycles. The molecule has 0 radical (unpaired) electrons. The smallest absolute Gasteiger partial charge is 0.234 e. The van der Waals surface area contributed by atoms with Gasteiger partial charge in [-0.1, -0.05) is 26.3 Å². The van der Waals surface area contributed by atoms with E-state index in [9.17, 15) is 4.79 Å². The molecule has 0 aromatic rings. The molecule has 1 rings (SSSR count). The predicted molar refractivity (Wildman–Crippen MR) is 58.7 cm³/mol. The van der Waals surface area contributed by atoms with Crippen molar-refractivity contribution in [1.82, 2.24) is 5.32 Å². The first-order chi connectivity index (χ1) is 6.49. The van der Waals surface area contributed by atoms with Crippen LogP contribution in [-0.2, 0) is 4.79 Å². The van der Waals surface area contributed by atoms with E-state index in [-0.39, 0.29) is 11.3 Å². The fourth-order valence-electron chi connectivity index (χ4n) is 1.64. The van der Waals surface area contributed by atoms with Gasteiger partial charge in [-0.25, -0.2) is 0 Å². The van der Waals surface area contributed by atoms with Gasteiger partial charge in [0.05, 0.1) is 5.41 Å². The van der Waals surface area contributed by atoms with Crippen molar-refractivity contribution in [2.75, 3.05) is 0 Å². The van der Waals surface area contributed by atoms with Crippen LogP contribution in [0.15, 0.2) is 23.9 Å². The van der Waals surface area contributed by atoms with E-state index in [1.54, 1.807) is 0 Å². The average molecular weight is 193 g/mol.